The van der Waals surface area contributed by atoms with Crippen molar-refractivity contribution in [3.8, 4) is 5.75 Å². The van der Waals surface area contributed by atoms with Crippen LogP contribution in [0.3, 0.4) is 0 Å². The van der Waals surface area contributed by atoms with Crippen molar-refractivity contribution in [2.75, 3.05) is 31.5 Å². The number of rotatable bonds is 6. The lowest BCUT2D eigenvalue weighted by Crippen LogP contribution is -2.58. The molecule has 2 aliphatic rings. The van der Waals surface area contributed by atoms with Gasteiger partial charge in [0.05, 0.1) is 12.2 Å². The first-order valence-corrected chi connectivity index (χ1v) is 11.1. The summed E-state index contributed by atoms with van der Waals surface area (Å²) in [6.07, 6.45) is 0. The Morgan fingerprint density at radius 1 is 1.16 bits per heavy atom. The Labute approximate surface area is 189 Å². The number of carbonyl (C=O) groups excluding carboxylic acids is 2. The van der Waals surface area contributed by atoms with Crippen molar-refractivity contribution in [1.29, 1.82) is 0 Å². The van der Waals surface area contributed by atoms with E-state index in [1.807, 2.05) is 70.2 Å². The first-order valence-electron chi connectivity index (χ1n) is 11.1. The summed E-state index contributed by atoms with van der Waals surface area (Å²) in [4.78, 5) is 29.3. The highest BCUT2D eigenvalue weighted by Gasteiger charge is 2.47. The van der Waals surface area contributed by atoms with Crippen LogP contribution in [0.2, 0.25) is 0 Å². The number of nitrogens with one attached hydrogen (secondary N) is 2. The zero-order chi connectivity index (χ0) is 22.9. The number of nitrogens with zero attached hydrogens (tertiary/aromatic N) is 2. The van der Waals surface area contributed by atoms with Crippen molar-refractivity contribution in [2.24, 2.45) is 0 Å². The van der Waals surface area contributed by atoms with Gasteiger partial charge in [-0.3, -0.25) is 19.4 Å². The maximum Gasteiger partial charge on any atom is 0.240 e. The summed E-state index contributed by atoms with van der Waals surface area (Å²) in [6.45, 7) is 10.8. The maximum atomic E-state index is 12.8. The number of amides is 2. The molecule has 2 heterocycles. The minimum absolute atomic E-state index is 0.0397. The molecule has 7 nitrogen and oxygen atoms in total. The van der Waals surface area contributed by atoms with Gasteiger partial charge in [-0.1, -0.05) is 30.3 Å². The number of hydrogen-bond acceptors (Lipinski definition) is 5. The van der Waals surface area contributed by atoms with Gasteiger partial charge in [0.2, 0.25) is 11.8 Å². The molecule has 0 spiro atoms. The van der Waals surface area contributed by atoms with E-state index in [1.54, 1.807) is 0 Å². The molecule has 0 radical (unpaired) electrons. The molecule has 2 aromatic rings. The number of fused-ring (bicyclic) bond motifs is 1. The Morgan fingerprint density at radius 3 is 2.53 bits per heavy atom. The minimum Gasteiger partial charge on any atom is -0.489 e. The third-order valence-corrected chi connectivity index (χ3v) is 6.30. The number of hydrogen-bond donors (Lipinski definition) is 2. The van der Waals surface area contributed by atoms with Gasteiger partial charge < -0.3 is 15.4 Å². The smallest absolute Gasteiger partial charge is 0.240 e. The number of benzene rings is 2. The Morgan fingerprint density at radius 2 is 1.84 bits per heavy atom. The van der Waals surface area contributed by atoms with E-state index in [9.17, 15) is 9.59 Å². The summed E-state index contributed by atoms with van der Waals surface area (Å²) in [5, 5.41) is 6.10. The van der Waals surface area contributed by atoms with Crippen molar-refractivity contribution in [3.63, 3.8) is 0 Å². The molecule has 1 unspecified atom stereocenters. The van der Waals surface area contributed by atoms with E-state index >= 15 is 0 Å². The molecule has 0 aromatic heterocycles. The topological polar surface area (TPSA) is 73.9 Å². The fourth-order valence-corrected chi connectivity index (χ4v) is 4.66. The van der Waals surface area contributed by atoms with Crippen LogP contribution >= 0.6 is 0 Å². The highest BCUT2D eigenvalue weighted by molar-refractivity contribution is 5.94. The van der Waals surface area contributed by atoms with Crippen molar-refractivity contribution in [3.05, 3.63) is 59.2 Å². The summed E-state index contributed by atoms with van der Waals surface area (Å²) in [7, 11) is 0. The van der Waals surface area contributed by atoms with Gasteiger partial charge in [0, 0.05) is 25.3 Å². The fraction of sp³-hybridized carbons (Fsp3) is 0.440. The molecule has 170 valence electrons. The van der Waals surface area contributed by atoms with Crippen LogP contribution in [0.25, 0.3) is 0 Å². The van der Waals surface area contributed by atoms with Crippen LogP contribution in [-0.2, 0) is 16.2 Å². The average Bonchev–Trinajstić information content (AvgIpc) is 2.98. The Balaban J connectivity index is 1.34. The van der Waals surface area contributed by atoms with Crippen LogP contribution in [-0.4, -0.2) is 59.5 Å². The van der Waals surface area contributed by atoms with E-state index in [0.717, 1.165) is 41.2 Å². The molecular weight excluding hydrogens is 404 g/mol. The van der Waals surface area contributed by atoms with Crippen LogP contribution in [0.4, 0.5) is 5.69 Å². The van der Waals surface area contributed by atoms with Gasteiger partial charge in [-0.2, -0.15) is 0 Å². The number of aryl methyl sites for hydroxylation is 2. The minimum atomic E-state index is -0.325. The third kappa shape index (κ3) is 4.79. The van der Waals surface area contributed by atoms with Crippen molar-refractivity contribution >= 4 is 17.5 Å². The predicted octanol–water partition coefficient (Wildman–Crippen LogP) is 2.67. The van der Waals surface area contributed by atoms with Gasteiger partial charge in [0.1, 0.15) is 18.4 Å². The lowest BCUT2D eigenvalue weighted by atomic mass is 10.1. The highest BCUT2D eigenvalue weighted by atomic mass is 16.5. The summed E-state index contributed by atoms with van der Waals surface area (Å²) < 4.78 is 5.94. The van der Waals surface area contributed by atoms with Crippen molar-refractivity contribution in [1.82, 2.24) is 15.1 Å². The predicted molar refractivity (Wildman–Crippen MR) is 124 cm³/mol. The van der Waals surface area contributed by atoms with Crippen molar-refractivity contribution in [2.45, 2.75) is 46.0 Å². The molecule has 4 rings (SSSR count). The van der Waals surface area contributed by atoms with Crippen LogP contribution in [0.5, 0.6) is 5.75 Å². The lowest BCUT2D eigenvalue weighted by Gasteiger charge is -2.40. The molecule has 0 saturated carbocycles. The first-order chi connectivity index (χ1) is 15.2. The van der Waals surface area contributed by atoms with Crippen LogP contribution in [0.1, 0.15) is 30.5 Å². The molecule has 2 aromatic carbocycles. The zero-order valence-corrected chi connectivity index (χ0v) is 19.3. The van der Waals surface area contributed by atoms with E-state index in [4.69, 9.17) is 4.74 Å². The van der Waals surface area contributed by atoms with Gasteiger partial charge >= 0.3 is 0 Å². The van der Waals surface area contributed by atoms with Gasteiger partial charge in [-0.15, -0.1) is 0 Å². The standard InChI is InChI=1S/C25H32N4O3/c1-17-12-20(32-16-19-8-6-5-7-9-19)13-18(2)23(17)26-22(30)15-28-10-11-29-21(14-28)24(31)27-25(29,3)4/h5-9,12-13,21H,10-11,14-16H2,1-4H3,(H,26,30)(H,27,31). The molecule has 2 N–H and O–H groups in total. The SMILES string of the molecule is Cc1cc(OCc2ccccc2)cc(C)c1NC(=O)CN1CCN2C(C1)C(=O)NC2(C)C. The molecule has 2 fully saturated rings. The van der Waals surface area contributed by atoms with Gasteiger partial charge in [0.25, 0.3) is 0 Å². The van der Waals surface area contributed by atoms with E-state index in [2.05, 4.69) is 20.4 Å². The normalized spacial score (nSPS) is 20.5. The summed E-state index contributed by atoms with van der Waals surface area (Å²) in [5.74, 6) is 0.756. The molecule has 32 heavy (non-hydrogen) atoms. The van der Waals surface area contributed by atoms with E-state index < -0.39 is 0 Å². The molecule has 1 atom stereocenters. The van der Waals surface area contributed by atoms with E-state index in [0.29, 0.717) is 13.2 Å². The second kappa shape index (κ2) is 8.92. The molecule has 7 heteroatoms. The first kappa shape index (κ1) is 22.3. The second-order valence-electron chi connectivity index (χ2n) is 9.25. The Kier molecular flexibility index (Phi) is 6.22. The van der Waals surface area contributed by atoms with Gasteiger partial charge in [-0.05, 0) is 56.5 Å². The van der Waals surface area contributed by atoms with Crippen LogP contribution in [0, 0.1) is 13.8 Å². The lowest BCUT2D eigenvalue weighted by molar-refractivity contribution is -0.124. The highest BCUT2D eigenvalue weighted by Crippen LogP contribution is 2.28. The van der Waals surface area contributed by atoms with E-state index in [-0.39, 0.29) is 30.1 Å². The summed E-state index contributed by atoms with van der Waals surface area (Å²) >= 11 is 0. The van der Waals surface area contributed by atoms with Gasteiger partial charge in [0.15, 0.2) is 0 Å². The monoisotopic (exact) mass is 436 g/mol. The Hall–Kier alpha value is -2.90. The third-order valence-electron chi connectivity index (χ3n) is 6.30. The summed E-state index contributed by atoms with van der Waals surface area (Å²) in [5.41, 5.74) is 3.53. The van der Waals surface area contributed by atoms with Crippen LogP contribution < -0.4 is 15.4 Å². The maximum absolute atomic E-state index is 12.8. The molecule has 2 aliphatic heterocycles. The van der Waals surface area contributed by atoms with Gasteiger partial charge in [-0.25, -0.2) is 0 Å². The number of piperazine rings is 1. The largest absolute Gasteiger partial charge is 0.489 e. The zero-order valence-electron chi connectivity index (χ0n) is 19.3. The Bertz CT molecular complexity index is 982. The second-order valence-corrected chi connectivity index (χ2v) is 9.25. The number of anilines is 1. The summed E-state index contributed by atoms with van der Waals surface area (Å²) in [6, 6.07) is 13.7. The molecule has 2 saturated heterocycles. The average molecular weight is 437 g/mol. The molecule has 2 amide bonds. The molecule has 0 bridgehead atoms. The fourth-order valence-electron chi connectivity index (χ4n) is 4.66. The molecule has 0 aliphatic carbocycles. The quantitative estimate of drug-likeness (QED) is 0.728. The van der Waals surface area contributed by atoms with Crippen molar-refractivity contribution < 1.29 is 14.3 Å². The number of ether oxygens (including phenoxy) is 1. The van der Waals surface area contributed by atoms with E-state index in [1.165, 1.54) is 0 Å². The van der Waals surface area contributed by atoms with Crippen LogP contribution in [0.15, 0.2) is 42.5 Å². The number of carbonyl (C=O) groups is 2. The molecular formula is C25H32N4O3.